The standard InChI is InChI=1S/C17H21NO5/c1-9-11-6-5-10(18-16(22)17(2,3)4)7-13(11)23-15(21)12(9)8-14(19)20/h5-7,9,12H,8H2,1-4H3,(H,18,22)(H,19,20). The molecule has 1 aliphatic heterocycles. The molecule has 23 heavy (non-hydrogen) atoms. The summed E-state index contributed by atoms with van der Waals surface area (Å²) in [6, 6.07) is 5.10. The number of fused-ring (bicyclic) bond motifs is 1. The Labute approximate surface area is 134 Å². The minimum Gasteiger partial charge on any atom is -0.481 e. The number of carboxylic acids is 1. The number of hydrogen-bond donors (Lipinski definition) is 2. The van der Waals surface area contributed by atoms with Gasteiger partial charge in [-0.2, -0.15) is 0 Å². The molecule has 0 saturated heterocycles. The van der Waals surface area contributed by atoms with Crippen LogP contribution in [0.3, 0.4) is 0 Å². The zero-order valence-electron chi connectivity index (χ0n) is 13.7. The molecule has 2 unspecified atom stereocenters. The van der Waals surface area contributed by atoms with Gasteiger partial charge in [0.2, 0.25) is 5.91 Å². The summed E-state index contributed by atoms with van der Waals surface area (Å²) in [5, 5.41) is 11.7. The van der Waals surface area contributed by atoms with Gasteiger partial charge in [-0.05, 0) is 17.5 Å². The summed E-state index contributed by atoms with van der Waals surface area (Å²) < 4.78 is 5.27. The lowest BCUT2D eigenvalue weighted by Crippen LogP contribution is -2.32. The van der Waals surface area contributed by atoms with E-state index in [4.69, 9.17) is 9.84 Å². The molecule has 2 atom stereocenters. The zero-order chi connectivity index (χ0) is 17.4. The normalized spacial score (nSPS) is 20.4. The summed E-state index contributed by atoms with van der Waals surface area (Å²) in [7, 11) is 0. The highest BCUT2D eigenvalue weighted by molar-refractivity contribution is 5.95. The molecule has 1 aliphatic rings. The van der Waals surface area contributed by atoms with Gasteiger partial charge in [-0.1, -0.05) is 33.8 Å². The van der Waals surface area contributed by atoms with Crippen molar-refractivity contribution in [2.24, 2.45) is 11.3 Å². The van der Waals surface area contributed by atoms with Crippen LogP contribution in [-0.2, 0) is 14.4 Å². The first-order valence-corrected chi connectivity index (χ1v) is 7.48. The zero-order valence-corrected chi connectivity index (χ0v) is 13.7. The quantitative estimate of drug-likeness (QED) is 0.660. The molecule has 6 heteroatoms. The van der Waals surface area contributed by atoms with Crippen molar-refractivity contribution in [3.8, 4) is 5.75 Å². The Morgan fingerprint density at radius 2 is 1.96 bits per heavy atom. The highest BCUT2D eigenvalue weighted by Gasteiger charge is 2.36. The fraction of sp³-hybridized carbons (Fsp3) is 0.471. The molecule has 0 fully saturated rings. The number of nitrogens with one attached hydrogen (secondary N) is 1. The first-order chi connectivity index (χ1) is 10.6. The molecule has 1 heterocycles. The molecule has 0 aromatic heterocycles. The smallest absolute Gasteiger partial charge is 0.315 e. The number of ether oxygens (including phenoxy) is 1. The van der Waals surface area contributed by atoms with Gasteiger partial charge < -0.3 is 15.2 Å². The van der Waals surface area contributed by atoms with E-state index in [1.54, 1.807) is 45.9 Å². The molecule has 6 nitrogen and oxygen atoms in total. The van der Waals surface area contributed by atoms with Crippen LogP contribution in [0.15, 0.2) is 18.2 Å². The van der Waals surface area contributed by atoms with Gasteiger partial charge in [0.15, 0.2) is 0 Å². The molecule has 2 rings (SSSR count). The molecule has 0 bridgehead atoms. The molecule has 1 aromatic carbocycles. The molecule has 0 aliphatic carbocycles. The topological polar surface area (TPSA) is 92.7 Å². The molecule has 1 amide bonds. The number of esters is 1. The van der Waals surface area contributed by atoms with Gasteiger partial charge in [0, 0.05) is 17.2 Å². The summed E-state index contributed by atoms with van der Waals surface area (Å²) >= 11 is 0. The van der Waals surface area contributed by atoms with Crippen LogP contribution < -0.4 is 10.1 Å². The second kappa shape index (κ2) is 6.02. The number of carbonyl (C=O) groups excluding carboxylic acids is 2. The Hall–Kier alpha value is -2.37. The third kappa shape index (κ3) is 3.70. The lowest BCUT2D eigenvalue weighted by atomic mass is 9.83. The van der Waals surface area contributed by atoms with Crippen molar-refractivity contribution in [2.45, 2.75) is 40.0 Å². The van der Waals surface area contributed by atoms with Crippen LogP contribution in [0.4, 0.5) is 5.69 Å². The largest absolute Gasteiger partial charge is 0.481 e. The predicted octanol–water partition coefficient (Wildman–Crippen LogP) is 2.78. The number of rotatable bonds is 3. The Bertz CT molecular complexity index is 659. The number of benzene rings is 1. The van der Waals surface area contributed by atoms with Gasteiger partial charge in [-0.25, -0.2) is 0 Å². The van der Waals surface area contributed by atoms with Crippen LogP contribution in [0.1, 0.15) is 45.6 Å². The van der Waals surface area contributed by atoms with Gasteiger partial charge in [-0.15, -0.1) is 0 Å². The van der Waals surface area contributed by atoms with Crippen molar-refractivity contribution in [2.75, 3.05) is 5.32 Å². The van der Waals surface area contributed by atoms with Gasteiger partial charge in [-0.3, -0.25) is 14.4 Å². The van der Waals surface area contributed by atoms with Crippen molar-refractivity contribution < 1.29 is 24.2 Å². The third-order valence-corrected chi connectivity index (χ3v) is 3.95. The average Bonchev–Trinajstić information content (AvgIpc) is 2.42. The van der Waals surface area contributed by atoms with E-state index in [2.05, 4.69) is 5.32 Å². The van der Waals surface area contributed by atoms with E-state index in [9.17, 15) is 14.4 Å². The SMILES string of the molecule is CC1c2ccc(NC(=O)C(C)(C)C)cc2OC(=O)C1CC(=O)O. The second-order valence-electron chi connectivity index (χ2n) is 6.87. The fourth-order valence-corrected chi connectivity index (χ4v) is 2.45. The van der Waals surface area contributed by atoms with Gasteiger partial charge in [0.25, 0.3) is 0 Å². The fourth-order valence-electron chi connectivity index (χ4n) is 2.45. The lowest BCUT2D eigenvalue weighted by Gasteiger charge is -2.29. The molecule has 1 aromatic rings. The summed E-state index contributed by atoms with van der Waals surface area (Å²) in [6.07, 6.45) is -0.262. The Balaban J connectivity index is 2.25. The number of hydrogen-bond acceptors (Lipinski definition) is 4. The number of amides is 1. The Morgan fingerprint density at radius 3 is 2.52 bits per heavy atom. The summed E-state index contributed by atoms with van der Waals surface area (Å²) in [5.41, 5.74) is 0.775. The Kier molecular flexibility index (Phi) is 4.45. The monoisotopic (exact) mass is 319 g/mol. The number of aliphatic carboxylic acids is 1. The Morgan fingerprint density at radius 1 is 1.30 bits per heavy atom. The summed E-state index contributed by atoms with van der Waals surface area (Å²) in [6.45, 7) is 7.22. The third-order valence-electron chi connectivity index (χ3n) is 3.95. The van der Waals surface area contributed by atoms with E-state index in [-0.39, 0.29) is 18.2 Å². The number of carboxylic acid groups (broad SMARTS) is 1. The van der Waals surface area contributed by atoms with Crippen molar-refractivity contribution in [1.82, 2.24) is 0 Å². The van der Waals surface area contributed by atoms with E-state index in [1.165, 1.54) is 0 Å². The van der Waals surface area contributed by atoms with E-state index < -0.39 is 23.3 Å². The van der Waals surface area contributed by atoms with Crippen molar-refractivity contribution in [1.29, 1.82) is 0 Å². The maximum absolute atomic E-state index is 12.0. The van der Waals surface area contributed by atoms with Crippen molar-refractivity contribution in [3.05, 3.63) is 23.8 Å². The van der Waals surface area contributed by atoms with E-state index in [1.807, 2.05) is 0 Å². The molecule has 0 radical (unpaired) electrons. The van der Waals surface area contributed by atoms with Crippen LogP contribution in [-0.4, -0.2) is 23.0 Å². The molecular weight excluding hydrogens is 298 g/mol. The van der Waals surface area contributed by atoms with Crippen molar-refractivity contribution >= 4 is 23.5 Å². The number of anilines is 1. The van der Waals surface area contributed by atoms with Crippen LogP contribution >= 0.6 is 0 Å². The molecule has 0 spiro atoms. The van der Waals surface area contributed by atoms with Crippen LogP contribution in [0.25, 0.3) is 0 Å². The predicted molar refractivity (Wildman–Crippen MR) is 84.3 cm³/mol. The highest BCUT2D eigenvalue weighted by Crippen LogP contribution is 2.40. The van der Waals surface area contributed by atoms with E-state index in [0.29, 0.717) is 11.4 Å². The van der Waals surface area contributed by atoms with Gasteiger partial charge >= 0.3 is 11.9 Å². The molecular formula is C17H21NO5. The number of carbonyl (C=O) groups is 3. The average molecular weight is 319 g/mol. The maximum atomic E-state index is 12.0. The van der Waals surface area contributed by atoms with E-state index >= 15 is 0 Å². The van der Waals surface area contributed by atoms with Crippen molar-refractivity contribution in [3.63, 3.8) is 0 Å². The minimum absolute atomic E-state index is 0.142. The van der Waals surface area contributed by atoms with Crippen LogP contribution in [0.2, 0.25) is 0 Å². The maximum Gasteiger partial charge on any atom is 0.315 e. The first kappa shape index (κ1) is 17.0. The first-order valence-electron chi connectivity index (χ1n) is 7.48. The van der Waals surface area contributed by atoms with Gasteiger partial charge in [0.05, 0.1) is 12.3 Å². The highest BCUT2D eigenvalue weighted by atomic mass is 16.5. The molecule has 0 saturated carbocycles. The summed E-state index contributed by atoms with van der Waals surface area (Å²) in [5.74, 6) is -2.31. The molecule has 124 valence electrons. The van der Waals surface area contributed by atoms with E-state index in [0.717, 1.165) is 5.56 Å². The lowest BCUT2D eigenvalue weighted by molar-refractivity contribution is -0.148. The van der Waals surface area contributed by atoms with Crippen LogP contribution in [0.5, 0.6) is 5.75 Å². The minimum atomic E-state index is -1.03. The van der Waals surface area contributed by atoms with Gasteiger partial charge in [0.1, 0.15) is 5.75 Å². The summed E-state index contributed by atoms with van der Waals surface area (Å²) in [4.78, 5) is 34.9. The van der Waals surface area contributed by atoms with Crippen LogP contribution in [0, 0.1) is 11.3 Å². The second-order valence-corrected chi connectivity index (χ2v) is 6.87. The molecule has 2 N–H and O–H groups in total.